The Labute approximate surface area is 83.1 Å². The molecule has 0 bridgehead atoms. The largest absolute Gasteiger partial charge is 0.468 e. The van der Waals surface area contributed by atoms with Gasteiger partial charge in [-0.05, 0) is 30.9 Å². The number of carbonyl (C=O) groups is 1. The van der Waals surface area contributed by atoms with E-state index < -0.39 is 0 Å². The molecule has 1 aromatic rings. The van der Waals surface area contributed by atoms with Gasteiger partial charge in [0, 0.05) is 12.4 Å². The van der Waals surface area contributed by atoms with E-state index in [4.69, 9.17) is 4.74 Å². The molecule has 0 radical (unpaired) electrons. The summed E-state index contributed by atoms with van der Waals surface area (Å²) >= 11 is 0. The number of carbonyl (C=O) groups excluding carboxylic acids is 1. The highest BCUT2D eigenvalue weighted by Crippen LogP contribution is 2.48. The molecule has 0 spiro atoms. The molecule has 1 heterocycles. The highest BCUT2D eigenvalue weighted by molar-refractivity contribution is 5.86. The summed E-state index contributed by atoms with van der Waals surface area (Å²) in [6, 6.07) is 2.01. The predicted octanol–water partition coefficient (Wildman–Crippen LogP) is 1.59. The molecule has 0 N–H and O–H groups in total. The van der Waals surface area contributed by atoms with Crippen LogP contribution in [0.5, 0.6) is 0 Å². The number of methoxy groups -OCH3 is 1. The topological polar surface area (TPSA) is 39.2 Å². The molecule has 3 nitrogen and oxygen atoms in total. The van der Waals surface area contributed by atoms with Crippen molar-refractivity contribution >= 4 is 5.97 Å². The van der Waals surface area contributed by atoms with Crippen LogP contribution in [0, 0.1) is 6.92 Å². The van der Waals surface area contributed by atoms with E-state index in [1.54, 1.807) is 12.4 Å². The van der Waals surface area contributed by atoms with Crippen molar-refractivity contribution in [2.45, 2.75) is 25.2 Å². The predicted molar refractivity (Wildman–Crippen MR) is 51.9 cm³/mol. The van der Waals surface area contributed by atoms with Crippen molar-refractivity contribution in [1.29, 1.82) is 0 Å². The number of hydrogen-bond acceptors (Lipinski definition) is 3. The minimum absolute atomic E-state index is 0.134. The quantitative estimate of drug-likeness (QED) is 0.666. The number of aromatic nitrogens is 1. The Balaban J connectivity index is 2.35. The van der Waals surface area contributed by atoms with Crippen molar-refractivity contribution in [3.05, 3.63) is 29.6 Å². The first kappa shape index (κ1) is 9.19. The Morgan fingerprint density at radius 2 is 2.21 bits per heavy atom. The van der Waals surface area contributed by atoms with Gasteiger partial charge in [-0.3, -0.25) is 9.78 Å². The van der Waals surface area contributed by atoms with Gasteiger partial charge in [0.05, 0.1) is 12.5 Å². The standard InChI is InChI=1S/C11H13NO2/c1-8-5-9(7-12-6-8)11(3-4-11)10(13)14-2/h5-7H,3-4H2,1-2H3. The number of rotatable bonds is 2. The van der Waals surface area contributed by atoms with Crippen LogP contribution in [0.4, 0.5) is 0 Å². The molecule has 1 aromatic heterocycles. The third kappa shape index (κ3) is 1.29. The van der Waals surface area contributed by atoms with Crippen molar-refractivity contribution in [2.24, 2.45) is 0 Å². The Morgan fingerprint density at radius 1 is 1.50 bits per heavy atom. The summed E-state index contributed by atoms with van der Waals surface area (Å²) in [5.41, 5.74) is 1.69. The normalized spacial score (nSPS) is 17.6. The molecule has 0 atom stereocenters. The molecule has 14 heavy (non-hydrogen) atoms. The van der Waals surface area contributed by atoms with Gasteiger partial charge >= 0.3 is 5.97 Å². The van der Waals surface area contributed by atoms with Crippen LogP contribution in [0.1, 0.15) is 24.0 Å². The molecule has 1 saturated carbocycles. The zero-order chi connectivity index (χ0) is 10.2. The lowest BCUT2D eigenvalue weighted by molar-refractivity contribution is -0.143. The summed E-state index contributed by atoms with van der Waals surface area (Å²) in [5.74, 6) is -0.134. The number of ether oxygens (including phenoxy) is 1. The Kier molecular flexibility index (Phi) is 2.02. The summed E-state index contributed by atoms with van der Waals surface area (Å²) < 4.78 is 4.81. The zero-order valence-corrected chi connectivity index (χ0v) is 8.41. The van der Waals surface area contributed by atoms with Gasteiger partial charge in [0.1, 0.15) is 0 Å². The average Bonchev–Trinajstić information content (AvgIpc) is 2.97. The molecule has 74 valence electrons. The molecule has 0 aliphatic heterocycles. The van der Waals surface area contributed by atoms with Gasteiger partial charge in [-0.25, -0.2) is 0 Å². The van der Waals surface area contributed by atoms with Gasteiger partial charge in [-0.2, -0.15) is 0 Å². The van der Waals surface area contributed by atoms with Gasteiger partial charge in [-0.1, -0.05) is 6.07 Å². The van der Waals surface area contributed by atoms with Crippen LogP contribution >= 0.6 is 0 Å². The highest BCUT2D eigenvalue weighted by atomic mass is 16.5. The van der Waals surface area contributed by atoms with Crippen LogP contribution in [-0.2, 0) is 14.9 Å². The summed E-state index contributed by atoms with van der Waals surface area (Å²) in [4.78, 5) is 15.7. The van der Waals surface area contributed by atoms with E-state index in [9.17, 15) is 4.79 Å². The van der Waals surface area contributed by atoms with Crippen LogP contribution in [0.2, 0.25) is 0 Å². The number of hydrogen-bond donors (Lipinski definition) is 0. The van der Waals surface area contributed by atoms with Gasteiger partial charge in [0.2, 0.25) is 0 Å². The lowest BCUT2D eigenvalue weighted by atomic mass is 9.97. The monoisotopic (exact) mass is 191 g/mol. The maximum atomic E-state index is 11.6. The first-order chi connectivity index (χ1) is 6.69. The number of aryl methyl sites for hydroxylation is 1. The molecular weight excluding hydrogens is 178 g/mol. The van der Waals surface area contributed by atoms with E-state index in [0.29, 0.717) is 0 Å². The Morgan fingerprint density at radius 3 is 2.71 bits per heavy atom. The van der Waals surface area contributed by atoms with E-state index in [1.165, 1.54) is 7.11 Å². The second kappa shape index (κ2) is 3.08. The van der Waals surface area contributed by atoms with E-state index in [2.05, 4.69) is 4.98 Å². The maximum Gasteiger partial charge on any atom is 0.316 e. The molecule has 0 saturated heterocycles. The smallest absolute Gasteiger partial charge is 0.316 e. The number of pyridine rings is 1. The first-order valence-corrected chi connectivity index (χ1v) is 4.69. The lowest BCUT2D eigenvalue weighted by Crippen LogP contribution is -2.22. The number of nitrogens with zero attached hydrogens (tertiary/aromatic N) is 1. The van der Waals surface area contributed by atoms with Gasteiger partial charge < -0.3 is 4.74 Å². The lowest BCUT2D eigenvalue weighted by Gasteiger charge is -2.12. The van der Waals surface area contributed by atoms with Gasteiger partial charge in [0.25, 0.3) is 0 Å². The second-order valence-electron chi connectivity index (χ2n) is 3.82. The minimum Gasteiger partial charge on any atom is -0.468 e. The molecular formula is C11H13NO2. The fourth-order valence-electron chi connectivity index (χ4n) is 1.75. The molecule has 0 aromatic carbocycles. The van der Waals surface area contributed by atoms with Crippen molar-refractivity contribution in [2.75, 3.05) is 7.11 Å². The van der Waals surface area contributed by atoms with Crippen molar-refractivity contribution in [3.8, 4) is 0 Å². The molecule has 1 aliphatic carbocycles. The fraction of sp³-hybridized carbons (Fsp3) is 0.455. The zero-order valence-electron chi connectivity index (χ0n) is 8.41. The number of esters is 1. The SMILES string of the molecule is COC(=O)C1(c2cncc(C)c2)CC1. The average molecular weight is 191 g/mol. The molecule has 1 aliphatic rings. The fourth-order valence-corrected chi connectivity index (χ4v) is 1.75. The maximum absolute atomic E-state index is 11.6. The van der Waals surface area contributed by atoms with E-state index >= 15 is 0 Å². The van der Waals surface area contributed by atoms with Crippen molar-refractivity contribution in [1.82, 2.24) is 4.98 Å². The Hall–Kier alpha value is -1.38. The van der Waals surface area contributed by atoms with E-state index in [-0.39, 0.29) is 11.4 Å². The van der Waals surface area contributed by atoms with Gasteiger partial charge in [-0.15, -0.1) is 0 Å². The highest BCUT2D eigenvalue weighted by Gasteiger charge is 2.52. The summed E-state index contributed by atoms with van der Waals surface area (Å²) in [6.07, 6.45) is 5.31. The third-order valence-corrected chi connectivity index (χ3v) is 2.75. The first-order valence-electron chi connectivity index (χ1n) is 4.69. The van der Waals surface area contributed by atoms with E-state index in [1.807, 2.05) is 13.0 Å². The van der Waals surface area contributed by atoms with Crippen molar-refractivity contribution in [3.63, 3.8) is 0 Å². The van der Waals surface area contributed by atoms with Crippen LogP contribution in [-0.4, -0.2) is 18.1 Å². The molecule has 0 unspecified atom stereocenters. The molecule has 1 fully saturated rings. The molecule has 3 heteroatoms. The van der Waals surface area contributed by atoms with Crippen molar-refractivity contribution < 1.29 is 9.53 Å². The van der Waals surface area contributed by atoms with Gasteiger partial charge in [0.15, 0.2) is 0 Å². The minimum atomic E-state index is -0.381. The van der Waals surface area contributed by atoms with Crippen LogP contribution < -0.4 is 0 Å². The summed E-state index contributed by atoms with van der Waals surface area (Å²) in [5, 5.41) is 0. The van der Waals surface area contributed by atoms with E-state index in [0.717, 1.165) is 24.0 Å². The van der Waals surface area contributed by atoms with Crippen LogP contribution in [0.3, 0.4) is 0 Å². The summed E-state index contributed by atoms with van der Waals surface area (Å²) in [7, 11) is 1.44. The van der Waals surface area contributed by atoms with Crippen LogP contribution in [0.25, 0.3) is 0 Å². The van der Waals surface area contributed by atoms with Crippen LogP contribution in [0.15, 0.2) is 18.5 Å². The second-order valence-corrected chi connectivity index (χ2v) is 3.82. The molecule has 2 rings (SSSR count). The third-order valence-electron chi connectivity index (χ3n) is 2.75. The molecule has 0 amide bonds. The Bertz CT molecular complexity index is 369. The summed E-state index contributed by atoms with van der Waals surface area (Å²) in [6.45, 7) is 1.98.